The number of benzene rings is 1. The van der Waals surface area contributed by atoms with Crippen LogP contribution in [0.2, 0.25) is 0 Å². The van der Waals surface area contributed by atoms with Crippen LogP contribution in [-0.2, 0) is 0 Å². The van der Waals surface area contributed by atoms with Gasteiger partial charge in [0.2, 0.25) is 0 Å². The summed E-state index contributed by atoms with van der Waals surface area (Å²) in [5.41, 5.74) is 0.596. The molecule has 0 aliphatic rings. The van der Waals surface area contributed by atoms with E-state index in [1.807, 2.05) is 0 Å². The van der Waals surface area contributed by atoms with Gasteiger partial charge in [-0.25, -0.2) is 0 Å². The molecule has 0 amide bonds. The maximum Gasteiger partial charge on any atom is 0.150 e. The van der Waals surface area contributed by atoms with Crippen molar-refractivity contribution < 1.29 is 14.7 Å². The van der Waals surface area contributed by atoms with Crippen molar-refractivity contribution in [2.24, 2.45) is 0 Å². The molecule has 1 N–H and O–H groups in total. The minimum absolute atomic E-state index is 0.0725. The second-order valence-electron chi connectivity index (χ2n) is 2.09. The zero-order valence-electron chi connectivity index (χ0n) is 5.65. The van der Waals surface area contributed by atoms with Crippen LogP contribution in [0.15, 0.2) is 18.2 Å². The van der Waals surface area contributed by atoms with E-state index < -0.39 is 0 Å². The third kappa shape index (κ3) is 1.64. The summed E-state index contributed by atoms with van der Waals surface area (Å²) in [5, 5.41) is 8.94. The maximum atomic E-state index is 10.2. The van der Waals surface area contributed by atoms with Gasteiger partial charge in [0.1, 0.15) is 18.3 Å². The van der Waals surface area contributed by atoms with Gasteiger partial charge in [-0.15, -0.1) is 0 Å². The van der Waals surface area contributed by atoms with Crippen LogP contribution in [-0.4, -0.2) is 17.7 Å². The number of carbonyl (C=O) groups is 2. The van der Waals surface area contributed by atoms with Crippen molar-refractivity contribution in [1.29, 1.82) is 0 Å². The summed E-state index contributed by atoms with van der Waals surface area (Å²) in [7, 11) is 0. The Morgan fingerprint density at radius 1 is 1.00 bits per heavy atom. The average molecular weight is 150 g/mol. The minimum atomic E-state index is -0.0725. The van der Waals surface area contributed by atoms with Crippen LogP contribution in [0.4, 0.5) is 0 Å². The Bertz CT molecular complexity index is 265. The van der Waals surface area contributed by atoms with E-state index in [4.69, 9.17) is 5.11 Å². The molecule has 0 aliphatic heterocycles. The van der Waals surface area contributed by atoms with Gasteiger partial charge < -0.3 is 5.11 Å². The maximum absolute atomic E-state index is 10.2. The highest BCUT2D eigenvalue weighted by atomic mass is 16.3. The van der Waals surface area contributed by atoms with Gasteiger partial charge in [-0.2, -0.15) is 0 Å². The highest BCUT2D eigenvalue weighted by Gasteiger charge is 1.96. The van der Waals surface area contributed by atoms with Crippen molar-refractivity contribution in [2.45, 2.75) is 0 Å². The SMILES string of the molecule is O=Cc1cc(O)cc(C=O)c1. The van der Waals surface area contributed by atoms with Gasteiger partial charge in [-0.1, -0.05) is 0 Å². The summed E-state index contributed by atoms with van der Waals surface area (Å²) >= 11 is 0. The fourth-order valence-electron chi connectivity index (χ4n) is 0.795. The molecule has 0 bridgehead atoms. The van der Waals surface area contributed by atoms with Crippen LogP contribution in [0.5, 0.6) is 5.75 Å². The fourth-order valence-corrected chi connectivity index (χ4v) is 0.795. The first kappa shape index (κ1) is 7.47. The number of aromatic hydroxyl groups is 1. The third-order valence-corrected chi connectivity index (χ3v) is 1.23. The van der Waals surface area contributed by atoms with E-state index in [0.29, 0.717) is 23.7 Å². The van der Waals surface area contributed by atoms with E-state index in [9.17, 15) is 9.59 Å². The van der Waals surface area contributed by atoms with Crippen LogP contribution in [0.3, 0.4) is 0 Å². The summed E-state index contributed by atoms with van der Waals surface area (Å²) in [5.74, 6) is -0.0725. The molecular weight excluding hydrogens is 144 g/mol. The molecule has 1 aromatic rings. The molecule has 0 saturated heterocycles. The normalized spacial score (nSPS) is 9.09. The van der Waals surface area contributed by atoms with Gasteiger partial charge >= 0.3 is 0 Å². The summed E-state index contributed by atoms with van der Waals surface area (Å²) in [4.78, 5) is 20.4. The Labute approximate surface area is 63.3 Å². The van der Waals surface area contributed by atoms with Crippen molar-refractivity contribution in [3.8, 4) is 5.75 Å². The van der Waals surface area contributed by atoms with Gasteiger partial charge in [0.05, 0.1) is 0 Å². The van der Waals surface area contributed by atoms with Crippen molar-refractivity contribution in [3.05, 3.63) is 29.3 Å². The van der Waals surface area contributed by atoms with Crippen LogP contribution in [0.1, 0.15) is 20.7 Å². The van der Waals surface area contributed by atoms with Crippen molar-refractivity contribution >= 4 is 12.6 Å². The first-order valence-corrected chi connectivity index (χ1v) is 3.00. The van der Waals surface area contributed by atoms with Crippen LogP contribution in [0.25, 0.3) is 0 Å². The van der Waals surface area contributed by atoms with Crippen molar-refractivity contribution in [2.75, 3.05) is 0 Å². The largest absolute Gasteiger partial charge is 0.508 e. The Morgan fingerprint density at radius 2 is 1.45 bits per heavy atom. The smallest absolute Gasteiger partial charge is 0.150 e. The highest BCUT2D eigenvalue weighted by Crippen LogP contribution is 2.12. The molecule has 0 spiro atoms. The molecule has 0 saturated carbocycles. The van der Waals surface area contributed by atoms with Crippen LogP contribution < -0.4 is 0 Å². The summed E-state index contributed by atoms with van der Waals surface area (Å²) in [6.45, 7) is 0. The van der Waals surface area contributed by atoms with E-state index in [0.717, 1.165) is 0 Å². The van der Waals surface area contributed by atoms with E-state index in [1.165, 1.54) is 18.2 Å². The third-order valence-electron chi connectivity index (χ3n) is 1.23. The lowest BCUT2D eigenvalue weighted by atomic mass is 10.1. The first-order valence-electron chi connectivity index (χ1n) is 3.00. The second kappa shape index (κ2) is 2.96. The lowest BCUT2D eigenvalue weighted by Crippen LogP contribution is -1.84. The average Bonchev–Trinajstić information content (AvgIpc) is 2.03. The van der Waals surface area contributed by atoms with E-state index in [-0.39, 0.29) is 5.75 Å². The molecule has 0 fully saturated rings. The number of aldehydes is 2. The molecule has 1 rings (SSSR count). The van der Waals surface area contributed by atoms with Gasteiger partial charge in [-0.05, 0) is 18.2 Å². The van der Waals surface area contributed by atoms with Gasteiger partial charge in [0.25, 0.3) is 0 Å². The molecule has 3 heteroatoms. The fraction of sp³-hybridized carbons (Fsp3) is 0. The summed E-state index contributed by atoms with van der Waals surface area (Å²) in [6, 6.07) is 3.99. The molecule has 11 heavy (non-hydrogen) atoms. The van der Waals surface area contributed by atoms with Gasteiger partial charge in [-0.3, -0.25) is 9.59 Å². The predicted molar refractivity (Wildman–Crippen MR) is 38.9 cm³/mol. The molecule has 0 radical (unpaired) electrons. The molecule has 56 valence electrons. The van der Waals surface area contributed by atoms with E-state index in [2.05, 4.69) is 0 Å². The molecule has 1 aromatic carbocycles. The molecule has 3 nitrogen and oxygen atoms in total. The number of phenolic OH excluding ortho intramolecular Hbond substituents is 1. The summed E-state index contributed by atoms with van der Waals surface area (Å²) in [6.07, 6.45) is 1.15. The summed E-state index contributed by atoms with van der Waals surface area (Å²) < 4.78 is 0. The van der Waals surface area contributed by atoms with Crippen molar-refractivity contribution in [3.63, 3.8) is 0 Å². The van der Waals surface area contributed by atoms with Gasteiger partial charge in [0.15, 0.2) is 0 Å². The zero-order chi connectivity index (χ0) is 8.27. The lowest BCUT2D eigenvalue weighted by molar-refractivity contribution is 0.112. The van der Waals surface area contributed by atoms with Crippen LogP contribution in [0, 0.1) is 0 Å². The van der Waals surface area contributed by atoms with Crippen molar-refractivity contribution in [1.82, 2.24) is 0 Å². The topological polar surface area (TPSA) is 54.4 Å². The Hall–Kier alpha value is -1.64. The number of hydrogen-bond donors (Lipinski definition) is 1. The Balaban J connectivity index is 3.21. The zero-order valence-corrected chi connectivity index (χ0v) is 5.65. The van der Waals surface area contributed by atoms with Gasteiger partial charge in [0, 0.05) is 11.1 Å². The number of carbonyl (C=O) groups excluding carboxylic acids is 2. The van der Waals surface area contributed by atoms with E-state index >= 15 is 0 Å². The molecule has 0 aliphatic carbocycles. The molecule has 0 heterocycles. The molecule has 0 aromatic heterocycles. The number of rotatable bonds is 2. The van der Waals surface area contributed by atoms with E-state index in [1.54, 1.807) is 0 Å². The second-order valence-corrected chi connectivity index (χ2v) is 2.09. The quantitative estimate of drug-likeness (QED) is 0.640. The highest BCUT2D eigenvalue weighted by molar-refractivity contribution is 5.82. The minimum Gasteiger partial charge on any atom is -0.508 e. The monoisotopic (exact) mass is 150 g/mol. The molecular formula is C8H6O3. The Kier molecular flexibility index (Phi) is 2.01. The number of hydrogen-bond acceptors (Lipinski definition) is 3. The number of phenols is 1. The molecule has 0 atom stereocenters. The predicted octanol–water partition coefficient (Wildman–Crippen LogP) is 1.02. The first-order chi connectivity index (χ1) is 5.26. The Morgan fingerprint density at radius 3 is 1.82 bits per heavy atom. The van der Waals surface area contributed by atoms with Crippen LogP contribution >= 0.6 is 0 Å². The standard InChI is InChI=1S/C8H6O3/c9-4-6-1-7(5-10)3-8(11)2-6/h1-5,11H. The molecule has 0 unspecified atom stereocenters. The lowest BCUT2D eigenvalue weighted by Gasteiger charge is -1.94.